The average molecular weight is 393 g/mol. The van der Waals surface area contributed by atoms with Crippen molar-refractivity contribution >= 4 is 5.69 Å². The monoisotopic (exact) mass is 393 g/mol. The summed E-state index contributed by atoms with van der Waals surface area (Å²) >= 11 is 0. The molecule has 0 radical (unpaired) electrons. The molecule has 0 amide bonds. The summed E-state index contributed by atoms with van der Waals surface area (Å²) in [4.78, 5) is 3.94. The van der Waals surface area contributed by atoms with Crippen LogP contribution >= 0.6 is 0 Å². The Morgan fingerprint density at radius 3 is 2.32 bits per heavy atom. The highest BCUT2D eigenvalue weighted by molar-refractivity contribution is 5.55. The molecule has 4 nitrogen and oxygen atoms in total. The molecule has 1 fully saturated rings. The fourth-order valence-electron chi connectivity index (χ4n) is 3.30. The van der Waals surface area contributed by atoms with E-state index >= 15 is 0 Å². The zero-order chi connectivity index (χ0) is 20.3. The van der Waals surface area contributed by atoms with Crippen molar-refractivity contribution in [2.75, 3.05) is 31.1 Å². The van der Waals surface area contributed by atoms with Gasteiger partial charge in [0.05, 0.1) is 23.8 Å². The Balaban J connectivity index is 1.66. The van der Waals surface area contributed by atoms with Crippen molar-refractivity contribution in [3.05, 3.63) is 64.5 Å². The second-order valence-electron chi connectivity index (χ2n) is 6.69. The van der Waals surface area contributed by atoms with Crippen molar-refractivity contribution in [2.24, 2.45) is 0 Å². The quantitative estimate of drug-likeness (QED) is 0.808. The smallest absolute Gasteiger partial charge is 0.392 e. The van der Waals surface area contributed by atoms with E-state index in [1.54, 1.807) is 18.2 Å². The number of hydrogen-bond acceptors (Lipinski definition) is 4. The molecule has 2 aromatic rings. The third-order valence-corrected chi connectivity index (χ3v) is 4.86. The summed E-state index contributed by atoms with van der Waals surface area (Å²) in [5.41, 5.74) is 0.151. The Kier molecular flexibility index (Phi) is 5.87. The van der Waals surface area contributed by atoms with Gasteiger partial charge in [-0.2, -0.15) is 18.4 Å². The molecule has 0 atom stereocenters. The molecule has 1 saturated heterocycles. The Morgan fingerprint density at radius 1 is 1.04 bits per heavy atom. The number of hydrogen-bond donors (Lipinski definition) is 1. The van der Waals surface area contributed by atoms with Gasteiger partial charge in [0, 0.05) is 44.0 Å². The van der Waals surface area contributed by atoms with Crippen molar-refractivity contribution in [2.45, 2.75) is 19.3 Å². The van der Waals surface area contributed by atoms with Gasteiger partial charge in [-0.05, 0) is 29.8 Å². The summed E-state index contributed by atoms with van der Waals surface area (Å²) in [5.74, 6) is -0.448. The minimum Gasteiger partial charge on any atom is -0.392 e. The first-order chi connectivity index (χ1) is 13.3. The number of halogens is 4. The maximum atomic E-state index is 13.8. The van der Waals surface area contributed by atoms with Gasteiger partial charge in [0.15, 0.2) is 0 Å². The predicted octanol–water partition coefficient (Wildman–Crippen LogP) is 3.53. The highest BCUT2D eigenvalue weighted by atomic mass is 19.4. The Labute approximate surface area is 160 Å². The summed E-state index contributed by atoms with van der Waals surface area (Å²) in [6.45, 7) is 2.46. The molecular formula is C20H19F4N3O. The number of aliphatic hydroxyl groups excluding tert-OH is 1. The van der Waals surface area contributed by atoms with E-state index in [9.17, 15) is 17.6 Å². The fourth-order valence-corrected chi connectivity index (χ4v) is 3.30. The van der Waals surface area contributed by atoms with Crippen molar-refractivity contribution in [1.29, 1.82) is 5.26 Å². The topological polar surface area (TPSA) is 50.5 Å². The van der Waals surface area contributed by atoms with Crippen LogP contribution in [0.4, 0.5) is 23.2 Å². The van der Waals surface area contributed by atoms with Crippen molar-refractivity contribution < 1.29 is 22.7 Å². The van der Waals surface area contributed by atoms with E-state index in [-0.39, 0.29) is 17.7 Å². The lowest BCUT2D eigenvalue weighted by Crippen LogP contribution is -2.46. The number of benzene rings is 2. The maximum absolute atomic E-state index is 13.8. The maximum Gasteiger partial charge on any atom is 0.417 e. The molecule has 1 N–H and O–H groups in total. The minimum atomic E-state index is -4.58. The first-order valence-corrected chi connectivity index (χ1v) is 8.78. The molecule has 0 bridgehead atoms. The summed E-state index contributed by atoms with van der Waals surface area (Å²) in [5, 5.41) is 17.9. The Bertz CT molecular complexity index is 884. The van der Waals surface area contributed by atoms with Crippen LogP contribution in [0.25, 0.3) is 0 Å². The SMILES string of the molecule is N#Cc1ccc(N2CCN(Cc3ccc(CO)c(F)c3)CC2)cc1C(F)(F)F. The first-order valence-electron chi connectivity index (χ1n) is 8.78. The van der Waals surface area contributed by atoms with E-state index in [0.29, 0.717) is 38.4 Å². The molecule has 1 aliphatic rings. The van der Waals surface area contributed by atoms with Gasteiger partial charge in [0.25, 0.3) is 0 Å². The van der Waals surface area contributed by atoms with Gasteiger partial charge in [0.1, 0.15) is 5.82 Å². The largest absolute Gasteiger partial charge is 0.417 e. The van der Waals surface area contributed by atoms with Crippen LogP contribution in [0, 0.1) is 17.1 Å². The van der Waals surface area contributed by atoms with Crippen LogP contribution in [0.15, 0.2) is 36.4 Å². The van der Waals surface area contributed by atoms with Crippen molar-refractivity contribution in [3.63, 3.8) is 0 Å². The van der Waals surface area contributed by atoms with Crippen LogP contribution < -0.4 is 4.90 Å². The molecule has 1 heterocycles. The second kappa shape index (κ2) is 8.17. The van der Waals surface area contributed by atoms with E-state index in [4.69, 9.17) is 10.4 Å². The highest BCUT2D eigenvalue weighted by Gasteiger charge is 2.34. The number of anilines is 1. The average Bonchev–Trinajstić information content (AvgIpc) is 2.67. The van der Waals surface area contributed by atoms with Crippen molar-refractivity contribution in [1.82, 2.24) is 4.90 Å². The number of rotatable bonds is 4. The number of nitrogens with zero attached hydrogens (tertiary/aromatic N) is 3. The molecule has 2 aromatic carbocycles. The molecule has 8 heteroatoms. The summed E-state index contributed by atoms with van der Waals surface area (Å²) < 4.78 is 53.2. The number of piperazine rings is 1. The van der Waals surface area contributed by atoms with Crippen LogP contribution in [-0.4, -0.2) is 36.2 Å². The number of nitriles is 1. The zero-order valence-electron chi connectivity index (χ0n) is 15.0. The third kappa shape index (κ3) is 4.43. The first kappa shape index (κ1) is 20.1. The van der Waals surface area contributed by atoms with E-state index in [2.05, 4.69) is 4.90 Å². The van der Waals surface area contributed by atoms with Gasteiger partial charge in [0.2, 0.25) is 0 Å². The van der Waals surface area contributed by atoms with E-state index < -0.39 is 17.6 Å². The summed E-state index contributed by atoms with van der Waals surface area (Å²) in [6.07, 6.45) is -4.58. The van der Waals surface area contributed by atoms with Crippen LogP contribution in [0.2, 0.25) is 0 Å². The lowest BCUT2D eigenvalue weighted by atomic mass is 10.1. The summed E-state index contributed by atoms with van der Waals surface area (Å²) in [6, 6.07) is 10.1. The Hall–Kier alpha value is -2.63. The predicted molar refractivity (Wildman–Crippen MR) is 96.0 cm³/mol. The van der Waals surface area contributed by atoms with Crippen LogP contribution in [0.3, 0.4) is 0 Å². The van der Waals surface area contributed by atoms with Gasteiger partial charge < -0.3 is 10.0 Å². The summed E-state index contributed by atoms with van der Waals surface area (Å²) in [7, 11) is 0. The molecule has 1 aliphatic heterocycles. The molecule has 0 aliphatic carbocycles. The molecule has 0 saturated carbocycles. The molecule has 0 spiro atoms. The third-order valence-electron chi connectivity index (χ3n) is 4.86. The molecule has 3 rings (SSSR count). The second-order valence-corrected chi connectivity index (χ2v) is 6.69. The van der Waals surface area contributed by atoms with Gasteiger partial charge in [-0.15, -0.1) is 0 Å². The van der Waals surface area contributed by atoms with Gasteiger partial charge >= 0.3 is 6.18 Å². The van der Waals surface area contributed by atoms with Crippen LogP contribution in [0.5, 0.6) is 0 Å². The van der Waals surface area contributed by atoms with Crippen LogP contribution in [-0.2, 0) is 19.3 Å². The standard InChI is InChI=1S/C20H19F4N3O/c21-19-9-14(1-2-16(19)13-28)12-26-5-7-27(8-6-26)17-4-3-15(11-25)18(10-17)20(22,23)24/h1-4,9-10,28H,5-8,12-13H2. The number of alkyl halides is 3. The number of aliphatic hydroxyl groups is 1. The Morgan fingerprint density at radius 2 is 1.75 bits per heavy atom. The van der Waals surface area contributed by atoms with Crippen LogP contribution in [0.1, 0.15) is 22.3 Å². The molecule has 0 unspecified atom stereocenters. The van der Waals surface area contributed by atoms with Gasteiger partial charge in [-0.1, -0.05) is 12.1 Å². The fraction of sp³-hybridized carbons (Fsp3) is 0.350. The molecule has 148 valence electrons. The van der Waals surface area contributed by atoms with Crippen molar-refractivity contribution in [3.8, 4) is 6.07 Å². The normalized spacial score (nSPS) is 15.5. The van der Waals surface area contributed by atoms with E-state index in [1.165, 1.54) is 18.2 Å². The molecular weight excluding hydrogens is 374 g/mol. The minimum absolute atomic E-state index is 0.245. The van der Waals surface area contributed by atoms with E-state index in [0.717, 1.165) is 11.6 Å². The van der Waals surface area contributed by atoms with Gasteiger partial charge in [-0.3, -0.25) is 4.90 Å². The lowest BCUT2D eigenvalue weighted by molar-refractivity contribution is -0.137. The highest BCUT2D eigenvalue weighted by Crippen LogP contribution is 2.34. The molecule has 0 aromatic heterocycles. The van der Waals surface area contributed by atoms with E-state index in [1.807, 2.05) is 4.90 Å². The zero-order valence-corrected chi connectivity index (χ0v) is 15.0. The lowest BCUT2D eigenvalue weighted by Gasteiger charge is -2.36. The molecule has 28 heavy (non-hydrogen) atoms. The van der Waals surface area contributed by atoms with Gasteiger partial charge in [-0.25, -0.2) is 4.39 Å².